The fourth-order valence-electron chi connectivity index (χ4n) is 4.65. The maximum atomic E-state index is 12.0. The monoisotopic (exact) mass is 593 g/mol. The number of methoxy groups -OCH3 is 2. The van der Waals surface area contributed by atoms with Gasteiger partial charge in [-0.25, -0.2) is 0 Å². The molecule has 1 amide bonds. The van der Waals surface area contributed by atoms with Gasteiger partial charge in [-0.05, 0) is 60.7 Å². The van der Waals surface area contributed by atoms with Crippen molar-refractivity contribution in [1.29, 1.82) is 0 Å². The van der Waals surface area contributed by atoms with Crippen molar-refractivity contribution in [2.75, 3.05) is 31.0 Å². The zero-order valence-corrected chi connectivity index (χ0v) is 23.4. The van der Waals surface area contributed by atoms with Gasteiger partial charge in [0, 0.05) is 25.1 Å². The zero-order valence-electron chi connectivity index (χ0n) is 21.9. The molecule has 2 N–H and O–H groups in total. The van der Waals surface area contributed by atoms with Gasteiger partial charge >= 0.3 is 0 Å². The number of furan rings is 1. The molecule has 1 aliphatic heterocycles. The van der Waals surface area contributed by atoms with Gasteiger partial charge in [-0.3, -0.25) is 19.9 Å². The molecule has 13 heteroatoms. The molecular weight excluding hydrogens is 570 g/mol. The summed E-state index contributed by atoms with van der Waals surface area (Å²) in [6.45, 7) is -0.105. The number of nitrogens with zero attached hydrogens (tertiary/aromatic N) is 3. The van der Waals surface area contributed by atoms with Crippen molar-refractivity contribution < 1.29 is 23.6 Å². The first kappa shape index (κ1) is 28.0. The number of carbonyl (C=O) groups is 1. The molecule has 0 bridgehead atoms. The molecule has 0 aliphatic carbocycles. The van der Waals surface area contributed by atoms with Crippen molar-refractivity contribution in [3.8, 4) is 17.1 Å². The van der Waals surface area contributed by atoms with Gasteiger partial charge in [0.05, 0.1) is 46.1 Å². The fraction of sp³-hybridized carbons (Fsp3) is 0.179. The molecular formula is C28H24ClN5O6S. The molecule has 5 rings (SSSR count). The number of halogens is 1. The Balaban J connectivity index is 1.55. The average molecular weight is 594 g/mol. The lowest BCUT2D eigenvalue weighted by Gasteiger charge is -2.26. The summed E-state index contributed by atoms with van der Waals surface area (Å²) >= 11 is 12.3. The van der Waals surface area contributed by atoms with Gasteiger partial charge in [-0.15, -0.1) is 0 Å². The first-order chi connectivity index (χ1) is 19.8. The highest BCUT2D eigenvalue weighted by Crippen LogP contribution is 2.45. The summed E-state index contributed by atoms with van der Waals surface area (Å²) in [5, 5.41) is 18.0. The van der Waals surface area contributed by atoms with Gasteiger partial charge in [-0.2, -0.15) is 0 Å². The highest BCUT2D eigenvalue weighted by Gasteiger charge is 2.43. The minimum atomic E-state index is -0.486. The van der Waals surface area contributed by atoms with Crippen LogP contribution in [0.5, 0.6) is 5.75 Å². The number of nitro groups is 1. The number of carbonyl (C=O) groups excluding carboxylic acids is 1. The molecule has 2 atom stereocenters. The van der Waals surface area contributed by atoms with Crippen LogP contribution in [0.15, 0.2) is 77.3 Å². The smallest absolute Gasteiger partial charge is 0.273 e. The van der Waals surface area contributed by atoms with Crippen molar-refractivity contribution in [2.24, 2.45) is 0 Å². The molecule has 4 aromatic rings. The molecule has 1 aliphatic rings. The summed E-state index contributed by atoms with van der Waals surface area (Å²) < 4.78 is 16.7. The summed E-state index contributed by atoms with van der Waals surface area (Å²) in [5.41, 5.74) is 2.29. The third kappa shape index (κ3) is 5.71. The lowest BCUT2D eigenvalue weighted by Crippen LogP contribution is -2.29. The lowest BCUT2D eigenvalue weighted by molar-refractivity contribution is -0.384. The van der Waals surface area contributed by atoms with E-state index in [1.807, 2.05) is 29.2 Å². The number of nitro benzene ring substituents is 1. The van der Waals surface area contributed by atoms with E-state index in [1.165, 1.54) is 26.4 Å². The van der Waals surface area contributed by atoms with Gasteiger partial charge in [-0.1, -0.05) is 17.7 Å². The van der Waals surface area contributed by atoms with Crippen LogP contribution in [-0.2, 0) is 9.53 Å². The van der Waals surface area contributed by atoms with Gasteiger partial charge < -0.3 is 29.4 Å². The average Bonchev–Trinajstić information content (AvgIpc) is 3.59. The van der Waals surface area contributed by atoms with E-state index in [0.29, 0.717) is 44.3 Å². The van der Waals surface area contributed by atoms with E-state index in [4.69, 9.17) is 37.7 Å². The number of aromatic nitrogens is 1. The lowest BCUT2D eigenvalue weighted by atomic mass is 10.0. The highest BCUT2D eigenvalue weighted by molar-refractivity contribution is 7.80. The minimum Gasteiger partial charge on any atom is -0.496 e. The Kier molecular flexibility index (Phi) is 8.15. The SMILES string of the molecule is COCC(=O)Nc1ccc(N2C(=S)NC(c3ccccn3)C2c2ccc(-c3ccc([N+](=O)[O-])cc3OC)o2)cc1Cl. The van der Waals surface area contributed by atoms with E-state index in [1.54, 1.807) is 36.5 Å². The molecule has 2 aromatic carbocycles. The summed E-state index contributed by atoms with van der Waals surface area (Å²) in [6, 6.07) is 17.8. The normalized spacial score (nSPS) is 16.4. The van der Waals surface area contributed by atoms with Crippen LogP contribution in [0, 0.1) is 10.1 Å². The van der Waals surface area contributed by atoms with Crippen LogP contribution in [0.2, 0.25) is 5.02 Å². The van der Waals surface area contributed by atoms with Crippen molar-refractivity contribution in [3.05, 3.63) is 99.5 Å². The Morgan fingerprint density at radius 1 is 1.20 bits per heavy atom. The second-order valence-corrected chi connectivity index (χ2v) is 9.78. The molecule has 3 heterocycles. The van der Waals surface area contributed by atoms with Crippen molar-refractivity contribution in [3.63, 3.8) is 0 Å². The van der Waals surface area contributed by atoms with E-state index >= 15 is 0 Å². The number of rotatable bonds is 9. The Hall–Kier alpha value is -4.52. The van der Waals surface area contributed by atoms with Crippen LogP contribution >= 0.6 is 23.8 Å². The largest absolute Gasteiger partial charge is 0.496 e. The summed E-state index contributed by atoms with van der Waals surface area (Å²) in [6.07, 6.45) is 1.70. The molecule has 0 saturated carbocycles. The minimum absolute atomic E-state index is 0.0946. The van der Waals surface area contributed by atoms with Crippen molar-refractivity contribution >= 4 is 51.9 Å². The first-order valence-corrected chi connectivity index (χ1v) is 13.1. The number of thiocarbonyl (C=S) groups is 1. The number of nitrogens with one attached hydrogen (secondary N) is 2. The topological polar surface area (TPSA) is 132 Å². The van der Waals surface area contributed by atoms with Crippen molar-refractivity contribution in [2.45, 2.75) is 12.1 Å². The number of hydrogen-bond donors (Lipinski definition) is 2. The summed E-state index contributed by atoms with van der Waals surface area (Å²) in [7, 11) is 2.87. The van der Waals surface area contributed by atoms with Gasteiger partial charge in [0.15, 0.2) is 5.11 Å². The third-order valence-electron chi connectivity index (χ3n) is 6.46. The standard InChI is InChI=1S/C28H24ClN5O6S/c1-38-15-25(35)31-20-9-7-16(13-19(20)29)33-27(26(32-28(33)41)21-5-3-4-12-30-21)23-11-10-22(40-23)18-8-6-17(34(36)37)14-24(18)39-2/h3-14,26-27H,15H2,1-2H3,(H,31,35)(H,32,41). The number of anilines is 2. The number of non-ortho nitro benzene ring substituents is 1. The molecule has 11 nitrogen and oxygen atoms in total. The van der Waals surface area contributed by atoms with Crippen LogP contribution in [0.4, 0.5) is 17.1 Å². The third-order valence-corrected chi connectivity index (χ3v) is 7.09. The van der Waals surface area contributed by atoms with E-state index < -0.39 is 11.0 Å². The number of benzene rings is 2. The maximum absolute atomic E-state index is 12.0. The van der Waals surface area contributed by atoms with Crippen LogP contribution < -0.4 is 20.3 Å². The predicted molar refractivity (Wildman–Crippen MR) is 157 cm³/mol. The molecule has 41 heavy (non-hydrogen) atoms. The maximum Gasteiger partial charge on any atom is 0.273 e. The van der Waals surface area contributed by atoms with E-state index in [2.05, 4.69) is 15.6 Å². The Bertz CT molecular complexity index is 1610. The number of hydrogen-bond acceptors (Lipinski definition) is 8. The Morgan fingerprint density at radius 2 is 2.02 bits per heavy atom. The number of amides is 1. The van der Waals surface area contributed by atoms with Gasteiger partial charge in [0.2, 0.25) is 5.91 Å². The van der Waals surface area contributed by atoms with Crippen LogP contribution in [0.25, 0.3) is 11.3 Å². The number of ether oxygens (including phenoxy) is 2. The predicted octanol–water partition coefficient (Wildman–Crippen LogP) is 5.67. The highest BCUT2D eigenvalue weighted by atomic mass is 35.5. The summed E-state index contributed by atoms with van der Waals surface area (Å²) in [5.74, 6) is 0.977. The fourth-order valence-corrected chi connectivity index (χ4v) is 5.22. The van der Waals surface area contributed by atoms with Gasteiger partial charge in [0.25, 0.3) is 5.69 Å². The zero-order chi connectivity index (χ0) is 29.1. The first-order valence-electron chi connectivity index (χ1n) is 12.3. The molecule has 2 unspecified atom stereocenters. The molecule has 1 fully saturated rings. The van der Waals surface area contributed by atoms with Gasteiger partial charge in [0.1, 0.15) is 29.9 Å². The second kappa shape index (κ2) is 11.9. The van der Waals surface area contributed by atoms with Crippen LogP contribution in [-0.4, -0.2) is 41.8 Å². The van der Waals surface area contributed by atoms with Crippen molar-refractivity contribution in [1.82, 2.24) is 10.3 Å². The number of pyridine rings is 1. The second-order valence-electron chi connectivity index (χ2n) is 8.99. The molecule has 0 radical (unpaired) electrons. The summed E-state index contributed by atoms with van der Waals surface area (Å²) in [4.78, 5) is 29.2. The molecule has 1 saturated heterocycles. The van der Waals surface area contributed by atoms with Crippen LogP contribution in [0.3, 0.4) is 0 Å². The van der Waals surface area contributed by atoms with E-state index in [-0.39, 0.29) is 24.2 Å². The molecule has 0 spiro atoms. The van der Waals surface area contributed by atoms with E-state index in [0.717, 1.165) is 5.69 Å². The molecule has 2 aromatic heterocycles. The quantitative estimate of drug-likeness (QED) is 0.142. The Labute approximate surface area is 245 Å². The van der Waals surface area contributed by atoms with Crippen LogP contribution in [0.1, 0.15) is 23.5 Å². The Morgan fingerprint density at radius 3 is 2.71 bits per heavy atom. The molecule has 210 valence electrons. The van der Waals surface area contributed by atoms with E-state index in [9.17, 15) is 14.9 Å².